The second-order valence-corrected chi connectivity index (χ2v) is 6.15. The van der Waals surface area contributed by atoms with E-state index in [-0.39, 0.29) is 11.8 Å². The molecule has 1 aliphatic heterocycles. The lowest BCUT2D eigenvalue weighted by Crippen LogP contribution is -2.36. The molecular formula is C15H17N3O3S. The molecule has 0 N–H and O–H groups in total. The van der Waals surface area contributed by atoms with Gasteiger partial charge in [0.05, 0.1) is 4.88 Å². The minimum atomic E-state index is -0.142. The summed E-state index contributed by atoms with van der Waals surface area (Å²) >= 11 is 1.54. The van der Waals surface area contributed by atoms with E-state index in [1.807, 2.05) is 17.5 Å². The number of amides is 2. The standard InChI is InChI=1S/C15H17N3O3S/c1-11(19)17-5-3-6-18(8-7-17)15(20)12-10-13(21-16-12)14-4-2-9-22-14/h2,4,9-10H,3,5-8H2,1H3. The van der Waals surface area contributed by atoms with Crippen molar-refractivity contribution >= 4 is 23.2 Å². The number of hydrogen-bond donors (Lipinski definition) is 0. The van der Waals surface area contributed by atoms with Crippen molar-refractivity contribution in [3.8, 4) is 10.6 Å². The Labute approximate surface area is 132 Å². The van der Waals surface area contributed by atoms with Crippen LogP contribution in [0.1, 0.15) is 23.8 Å². The molecule has 1 aliphatic rings. The van der Waals surface area contributed by atoms with Gasteiger partial charge in [0.1, 0.15) is 0 Å². The Bertz CT molecular complexity index is 665. The minimum absolute atomic E-state index is 0.0516. The summed E-state index contributed by atoms with van der Waals surface area (Å²) in [6.45, 7) is 3.97. The van der Waals surface area contributed by atoms with E-state index in [4.69, 9.17) is 4.52 Å². The summed E-state index contributed by atoms with van der Waals surface area (Å²) in [4.78, 5) is 28.4. The molecule has 3 heterocycles. The summed E-state index contributed by atoms with van der Waals surface area (Å²) in [5.74, 6) is 0.520. The van der Waals surface area contributed by atoms with E-state index in [1.54, 1.807) is 34.1 Å². The van der Waals surface area contributed by atoms with Crippen LogP contribution in [0.15, 0.2) is 28.1 Å². The number of nitrogens with zero attached hydrogens (tertiary/aromatic N) is 3. The van der Waals surface area contributed by atoms with Gasteiger partial charge in [0.2, 0.25) is 5.91 Å². The fourth-order valence-electron chi connectivity index (χ4n) is 2.51. The van der Waals surface area contributed by atoms with Crippen LogP contribution in [-0.4, -0.2) is 52.9 Å². The van der Waals surface area contributed by atoms with Gasteiger partial charge in [-0.15, -0.1) is 11.3 Å². The van der Waals surface area contributed by atoms with E-state index in [0.29, 0.717) is 37.6 Å². The second kappa shape index (κ2) is 6.31. The summed E-state index contributed by atoms with van der Waals surface area (Å²) in [5, 5.41) is 5.84. The number of hydrogen-bond acceptors (Lipinski definition) is 5. The number of rotatable bonds is 2. The van der Waals surface area contributed by atoms with Gasteiger partial charge < -0.3 is 14.3 Å². The predicted octanol–water partition coefficient (Wildman–Crippen LogP) is 2.10. The zero-order valence-electron chi connectivity index (χ0n) is 12.3. The minimum Gasteiger partial charge on any atom is -0.355 e. The lowest BCUT2D eigenvalue weighted by atomic mass is 10.3. The maximum Gasteiger partial charge on any atom is 0.276 e. The predicted molar refractivity (Wildman–Crippen MR) is 82.6 cm³/mol. The molecule has 1 fully saturated rings. The van der Waals surface area contributed by atoms with Crippen molar-refractivity contribution < 1.29 is 14.1 Å². The molecule has 0 aliphatic carbocycles. The van der Waals surface area contributed by atoms with Crippen LogP contribution in [0.5, 0.6) is 0 Å². The van der Waals surface area contributed by atoms with Crippen molar-refractivity contribution in [2.45, 2.75) is 13.3 Å². The summed E-state index contributed by atoms with van der Waals surface area (Å²) < 4.78 is 5.26. The molecule has 0 radical (unpaired) electrons. The van der Waals surface area contributed by atoms with Crippen molar-refractivity contribution in [2.75, 3.05) is 26.2 Å². The Kier molecular flexibility index (Phi) is 4.24. The molecule has 0 bridgehead atoms. The molecule has 0 atom stereocenters. The van der Waals surface area contributed by atoms with Gasteiger partial charge in [0.25, 0.3) is 5.91 Å². The molecule has 2 aromatic rings. The van der Waals surface area contributed by atoms with E-state index in [0.717, 1.165) is 11.3 Å². The Morgan fingerprint density at radius 2 is 2.00 bits per heavy atom. The number of carbonyl (C=O) groups excluding carboxylic acids is 2. The highest BCUT2D eigenvalue weighted by molar-refractivity contribution is 7.13. The number of thiophene rings is 1. The normalized spacial score (nSPS) is 15.7. The highest BCUT2D eigenvalue weighted by Gasteiger charge is 2.24. The van der Waals surface area contributed by atoms with Crippen molar-refractivity contribution in [1.82, 2.24) is 15.0 Å². The molecule has 22 heavy (non-hydrogen) atoms. The van der Waals surface area contributed by atoms with Crippen molar-refractivity contribution in [1.29, 1.82) is 0 Å². The van der Waals surface area contributed by atoms with Gasteiger partial charge in [0.15, 0.2) is 11.5 Å². The average molecular weight is 319 g/mol. The lowest BCUT2D eigenvalue weighted by Gasteiger charge is -2.20. The maximum atomic E-state index is 12.5. The molecule has 0 saturated carbocycles. The summed E-state index contributed by atoms with van der Waals surface area (Å²) in [6, 6.07) is 5.53. The Morgan fingerprint density at radius 3 is 2.73 bits per heavy atom. The summed E-state index contributed by atoms with van der Waals surface area (Å²) in [6.07, 6.45) is 0.779. The number of carbonyl (C=O) groups is 2. The SMILES string of the molecule is CC(=O)N1CCCN(C(=O)c2cc(-c3cccs3)on2)CC1. The third kappa shape index (κ3) is 3.04. The van der Waals surface area contributed by atoms with Crippen LogP contribution in [0.4, 0.5) is 0 Å². The molecule has 3 rings (SSSR count). The first kappa shape index (κ1) is 14.8. The molecule has 0 spiro atoms. The molecule has 2 amide bonds. The smallest absolute Gasteiger partial charge is 0.276 e. The van der Waals surface area contributed by atoms with Crippen LogP contribution < -0.4 is 0 Å². The van der Waals surface area contributed by atoms with E-state index in [2.05, 4.69) is 5.16 Å². The summed E-state index contributed by atoms with van der Waals surface area (Å²) in [5.41, 5.74) is 0.319. The Hall–Kier alpha value is -2.15. The fraction of sp³-hybridized carbons (Fsp3) is 0.400. The highest BCUT2D eigenvalue weighted by Crippen LogP contribution is 2.25. The third-order valence-electron chi connectivity index (χ3n) is 3.72. The van der Waals surface area contributed by atoms with Gasteiger partial charge in [-0.1, -0.05) is 11.2 Å². The van der Waals surface area contributed by atoms with Crippen LogP contribution in [-0.2, 0) is 4.79 Å². The van der Waals surface area contributed by atoms with Crippen molar-refractivity contribution in [3.63, 3.8) is 0 Å². The van der Waals surface area contributed by atoms with E-state index >= 15 is 0 Å². The molecular weight excluding hydrogens is 302 g/mol. The first-order valence-electron chi connectivity index (χ1n) is 7.20. The molecule has 0 unspecified atom stereocenters. The van der Waals surface area contributed by atoms with Gasteiger partial charge in [0, 0.05) is 39.2 Å². The third-order valence-corrected chi connectivity index (χ3v) is 4.61. The van der Waals surface area contributed by atoms with Gasteiger partial charge in [-0.25, -0.2) is 0 Å². The molecule has 1 saturated heterocycles. The van der Waals surface area contributed by atoms with Gasteiger partial charge in [-0.2, -0.15) is 0 Å². The molecule has 116 valence electrons. The average Bonchev–Trinajstić information content (AvgIpc) is 3.12. The quantitative estimate of drug-likeness (QED) is 0.850. The molecule has 2 aromatic heterocycles. The first-order chi connectivity index (χ1) is 10.6. The zero-order valence-corrected chi connectivity index (χ0v) is 13.1. The Balaban J connectivity index is 1.70. The van der Waals surface area contributed by atoms with Gasteiger partial charge in [-0.3, -0.25) is 9.59 Å². The van der Waals surface area contributed by atoms with Crippen molar-refractivity contribution in [3.05, 3.63) is 29.3 Å². The fourth-order valence-corrected chi connectivity index (χ4v) is 3.18. The van der Waals surface area contributed by atoms with E-state index in [1.165, 1.54) is 0 Å². The topological polar surface area (TPSA) is 66.7 Å². The van der Waals surface area contributed by atoms with Crippen molar-refractivity contribution in [2.24, 2.45) is 0 Å². The van der Waals surface area contributed by atoms with E-state index < -0.39 is 0 Å². The molecule has 6 nitrogen and oxygen atoms in total. The van der Waals surface area contributed by atoms with Crippen LogP contribution in [0, 0.1) is 0 Å². The number of aromatic nitrogens is 1. The monoisotopic (exact) mass is 319 g/mol. The zero-order chi connectivity index (χ0) is 15.5. The van der Waals surface area contributed by atoms with Crippen LogP contribution in [0.2, 0.25) is 0 Å². The van der Waals surface area contributed by atoms with Crippen LogP contribution >= 0.6 is 11.3 Å². The first-order valence-corrected chi connectivity index (χ1v) is 8.08. The largest absolute Gasteiger partial charge is 0.355 e. The summed E-state index contributed by atoms with van der Waals surface area (Å²) in [7, 11) is 0. The maximum absolute atomic E-state index is 12.5. The lowest BCUT2D eigenvalue weighted by molar-refractivity contribution is -0.128. The van der Waals surface area contributed by atoms with Crippen LogP contribution in [0.3, 0.4) is 0 Å². The Morgan fingerprint density at radius 1 is 1.23 bits per heavy atom. The van der Waals surface area contributed by atoms with Gasteiger partial charge in [-0.05, 0) is 17.9 Å². The molecule has 7 heteroatoms. The van der Waals surface area contributed by atoms with Crippen LogP contribution in [0.25, 0.3) is 10.6 Å². The van der Waals surface area contributed by atoms with E-state index in [9.17, 15) is 9.59 Å². The highest BCUT2D eigenvalue weighted by atomic mass is 32.1. The second-order valence-electron chi connectivity index (χ2n) is 5.21. The van der Waals surface area contributed by atoms with Gasteiger partial charge >= 0.3 is 0 Å². The molecule has 0 aromatic carbocycles.